The molecule has 2 saturated heterocycles. The van der Waals surface area contributed by atoms with Crippen molar-refractivity contribution < 1.29 is 0 Å². The van der Waals surface area contributed by atoms with Crippen LogP contribution >= 0.6 is 23.5 Å². The van der Waals surface area contributed by atoms with Gasteiger partial charge in [-0.25, -0.2) is 0 Å². The van der Waals surface area contributed by atoms with E-state index in [1.807, 2.05) is 0 Å². The van der Waals surface area contributed by atoms with E-state index in [2.05, 4.69) is 88.4 Å². The molecule has 216 valence electrons. The molecular formula is C37H46N2S2. The topological polar surface area (TPSA) is 15.3 Å². The molecule has 3 aliphatic heterocycles. The highest BCUT2D eigenvalue weighted by molar-refractivity contribution is 8.04. The Bertz CT molecular complexity index is 1280. The van der Waals surface area contributed by atoms with Crippen LogP contribution in [0, 0.1) is 23.7 Å². The maximum absolute atomic E-state index is 4.08. The second kappa shape index (κ2) is 10.7. The summed E-state index contributed by atoms with van der Waals surface area (Å²) < 4.78 is 0. The molecular weight excluding hydrogens is 537 g/mol. The van der Waals surface area contributed by atoms with Gasteiger partial charge in [-0.2, -0.15) is 0 Å². The number of thioether (sulfide) groups is 2. The second-order valence-electron chi connectivity index (χ2n) is 14.2. The zero-order valence-corrected chi connectivity index (χ0v) is 26.1. The first-order valence-corrected chi connectivity index (χ1v) is 18.9. The Hall–Kier alpha value is -1.36. The molecule has 9 rings (SSSR count). The summed E-state index contributed by atoms with van der Waals surface area (Å²) in [6.07, 6.45) is 40.1. The van der Waals surface area contributed by atoms with E-state index >= 15 is 0 Å². The predicted molar refractivity (Wildman–Crippen MR) is 176 cm³/mol. The van der Waals surface area contributed by atoms with E-state index in [4.69, 9.17) is 0 Å². The van der Waals surface area contributed by atoms with Crippen LogP contribution < -0.4 is 5.32 Å². The lowest BCUT2D eigenvalue weighted by molar-refractivity contribution is 0.118. The van der Waals surface area contributed by atoms with Gasteiger partial charge >= 0.3 is 0 Å². The van der Waals surface area contributed by atoms with Crippen LogP contribution in [-0.4, -0.2) is 38.9 Å². The minimum Gasteiger partial charge on any atom is -0.360 e. The maximum atomic E-state index is 4.08. The van der Waals surface area contributed by atoms with Gasteiger partial charge in [0.15, 0.2) is 0 Å². The van der Waals surface area contributed by atoms with E-state index in [0.717, 1.165) is 34.3 Å². The normalized spacial score (nSPS) is 44.5. The van der Waals surface area contributed by atoms with E-state index in [9.17, 15) is 0 Å². The molecule has 0 aromatic carbocycles. The van der Waals surface area contributed by atoms with Crippen molar-refractivity contribution in [3.63, 3.8) is 0 Å². The first-order chi connectivity index (χ1) is 20.3. The third kappa shape index (κ3) is 4.32. The largest absolute Gasteiger partial charge is 0.360 e. The molecule has 3 fully saturated rings. The number of rotatable bonds is 3. The Labute approximate surface area is 256 Å². The minimum atomic E-state index is 0.546. The van der Waals surface area contributed by atoms with Crippen molar-refractivity contribution in [2.24, 2.45) is 23.7 Å². The van der Waals surface area contributed by atoms with Crippen LogP contribution in [0.2, 0.25) is 0 Å². The zero-order valence-electron chi connectivity index (χ0n) is 24.4. The molecule has 2 nitrogen and oxygen atoms in total. The number of nitrogens with one attached hydrogen (secondary N) is 1. The molecule has 1 saturated carbocycles. The minimum absolute atomic E-state index is 0.546. The van der Waals surface area contributed by atoms with Gasteiger partial charge in [0.05, 0.1) is 17.5 Å². The second-order valence-corrected chi connectivity index (χ2v) is 16.8. The van der Waals surface area contributed by atoms with Gasteiger partial charge in [-0.1, -0.05) is 67.5 Å². The molecule has 0 radical (unpaired) electrons. The smallest absolute Gasteiger partial charge is 0.0754 e. The van der Waals surface area contributed by atoms with Gasteiger partial charge < -0.3 is 4.90 Å². The average molecular weight is 583 g/mol. The third-order valence-electron chi connectivity index (χ3n) is 12.2. The van der Waals surface area contributed by atoms with Crippen molar-refractivity contribution in [1.82, 2.24) is 10.2 Å². The Morgan fingerprint density at radius 2 is 1.76 bits per heavy atom. The molecule has 3 heterocycles. The molecule has 0 aromatic heterocycles. The number of allylic oxidation sites excluding steroid dienone is 9. The SMILES string of the molecule is C1=CCC2C(=C1)SC1C2C=CC(N2C3=C(CCCC3)C3=CC=CCC32)C1C1CC=C(C2NC3CCCCC3S2)CC1. The summed E-state index contributed by atoms with van der Waals surface area (Å²) in [4.78, 5) is 4.69. The van der Waals surface area contributed by atoms with Gasteiger partial charge in [0.25, 0.3) is 0 Å². The quantitative estimate of drug-likeness (QED) is 0.334. The molecule has 9 aliphatic rings. The molecule has 41 heavy (non-hydrogen) atoms. The fourth-order valence-electron chi connectivity index (χ4n) is 10.3. The summed E-state index contributed by atoms with van der Waals surface area (Å²) in [5.41, 5.74) is 6.88. The van der Waals surface area contributed by atoms with Gasteiger partial charge in [0.2, 0.25) is 0 Å². The highest BCUT2D eigenvalue weighted by Gasteiger charge is 2.53. The lowest BCUT2D eigenvalue weighted by Crippen LogP contribution is -2.51. The number of nitrogens with zero attached hydrogens (tertiary/aromatic N) is 1. The highest BCUT2D eigenvalue weighted by atomic mass is 32.2. The van der Waals surface area contributed by atoms with Gasteiger partial charge in [-0.05, 0) is 110 Å². The van der Waals surface area contributed by atoms with Crippen LogP contribution in [0.25, 0.3) is 0 Å². The molecule has 10 atom stereocenters. The van der Waals surface area contributed by atoms with E-state index in [0.29, 0.717) is 23.4 Å². The third-order valence-corrected chi connectivity index (χ3v) is 15.4. The Balaban J connectivity index is 1.04. The van der Waals surface area contributed by atoms with E-state index in [1.54, 1.807) is 27.3 Å². The van der Waals surface area contributed by atoms with E-state index in [-0.39, 0.29) is 0 Å². The summed E-state index contributed by atoms with van der Waals surface area (Å²) >= 11 is 4.57. The van der Waals surface area contributed by atoms with Gasteiger partial charge in [-0.15, -0.1) is 23.5 Å². The highest BCUT2D eigenvalue weighted by Crippen LogP contribution is 2.59. The van der Waals surface area contributed by atoms with Crippen LogP contribution in [0.15, 0.2) is 82.0 Å². The van der Waals surface area contributed by atoms with Crippen LogP contribution in [0.1, 0.15) is 83.5 Å². The predicted octanol–water partition coefficient (Wildman–Crippen LogP) is 8.83. The van der Waals surface area contributed by atoms with Crippen molar-refractivity contribution in [1.29, 1.82) is 0 Å². The number of hydrogen-bond donors (Lipinski definition) is 1. The van der Waals surface area contributed by atoms with Crippen molar-refractivity contribution in [2.75, 3.05) is 0 Å². The van der Waals surface area contributed by atoms with Crippen molar-refractivity contribution in [2.45, 2.75) is 117 Å². The van der Waals surface area contributed by atoms with E-state index < -0.39 is 0 Å². The number of hydrogen-bond acceptors (Lipinski definition) is 4. The first-order valence-electron chi connectivity index (χ1n) is 17.0. The van der Waals surface area contributed by atoms with Crippen LogP contribution in [0.3, 0.4) is 0 Å². The molecule has 6 aliphatic carbocycles. The summed E-state index contributed by atoms with van der Waals surface area (Å²) in [7, 11) is 0. The summed E-state index contributed by atoms with van der Waals surface area (Å²) in [6.45, 7) is 0. The maximum Gasteiger partial charge on any atom is 0.0754 e. The Kier molecular flexibility index (Phi) is 6.78. The van der Waals surface area contributed by atoms with E-state index in [1.165, 1.54) is 83.5 Å². The molecule has 1 N–H and O–H groups in total. The van der Waals surface area contributed by atoms with Crippen molar-refractivity contribution in [3.8, 4) is 0 Å². The lowest BCUT2D eigenvalue weighted by atomic mass is 9.67. The molecule has 10 unspecified atom stereocenters. The van der Waals surface area contributed by atoms with Crippen molar-refractivity contribution in [3.05, 3.63) is 82.0 Å². The van der Waals surface area contributed by atoms with Crippen molar-refractivity contribution >= 4 is 23.5 Å². The molecule has 0 spiro atoms. The molecule has 0 bridgehead atoms. The van der Waals surface area contributed by atoms with Crippen LogP contribution in [0.4, 0.5) is 0 Å². The average Bonchev–Trinajstić information content (AvgIpc) is 3.72. The Morgan fingerprint density at radius 1 is 0.854 bits per heavy atom. The first kappa shape index (κ1) is 26.1. The number of fused-ring (bicyclic) bond motifs is 6. The fourth-order valence-corrected chi connectivity index (χ4v) is 13.9. The fraction of sp³-hybridized carbons (Fsp3) is 0.622. The van der Waals surface area contributed by atoms with Gasteiger partial charge in [0, 0.05) is 28.2 Å². The summed E-state index contributed by atoms with van der Waals surface area (Å²) in [5, 5.41) is 6.26. The summed E-state index contributed by atoms with van der Waals surface area (Å²) in [5.74, 6) is 2.95. The lowest BCUT2D eigenvalue weighted by Gasteiger charge is -2.49. The molecule has 0 aromatic rings. The standard InChI is InChI=1S/C37H46N2S2/c1-5-13-30-25(9-1)26-10-2-6-14-31(26)39(30)32-22-21-28-27-11-3-7-15-33(27)40-36(28)35(32)23-17-19-24(20-18-23)37-38-29-12-4-8-16-34(29)41-37/h1,3,5,7,9,15,19,21-23,27-30,32,34-38H,2,4,6,8,10-14,16-18,20H2. The summed E-state index contributed by atoms with van der Waals surface area (Å²) in [6, 6.07) is 1.89. The van der Waals surface area contributed by atoms with Crippen LogP contribution in [-0.2, 0) is 0 Å². The monoisotopic (exact) mass is 582 g/mol. The van der Waals surface area contributed by atoms with Crippen LogP contribution in [0.5, 0.6) is 0 Å². The molecule has 0 amide bonds. The van der Waals surface area contributed by atoms with Gasteiger partial charge in [0.1, 0.15) is 0 Å². The molecule has 4 heteroatoms. The van der Waals surface area contributed by atoms with Gasteiger partial charge in [-0.3, -0.25) is 5.32 Å². The Morgan fingerprint density at radius 3 is 2.68 bits per heavy atom. The zero-order chi connectivity index (χ0) is 26.9.